The summed E-state index contributed by atoms with van der Waals surface area (Å²) < 4.78 is 3.76. The third-order valence-corrected chi connectivity index (χ3v) is 3.55. The molecule has 1 atom stereocenters. The van der Waals surface area contributed by atoms with Crippen LogP contribution >= 0.6 is 11.5 Å². The Morgan fingerprint density at radius 2 is 2.50 bits per heavy atom. The molecule has 0 bridgehead atoms. The smallest absolute Gasteiger partial charge is 0.267 e. The first-order valence-corrected chi connectivity index (χ1v) is 5.97. The van der Waals surface area contributed by atoms with Gasteiger partial charge in [-0.1, -0.05) is 4.49 Å². The van der Waals surface area contributed by atoms with E-state index in [2.05, 4.69) is 15.7 Å². The molecule has 16 heavy (non-hydrogen) atoms. The van der Waals surface area contributed by atoms with Gasteiger partial charge in [0.15, 0.2) is 0 Å². The zero-order valence-corrected chi connectivity index (χ0v) is 9.83. The highest BCUT2D eigenvalue weighted by Gasteiger charge is 2.26. The number of hydrogen-bond acceptors (Lipinski definition) is 5. The van der Waals surface area contributed by atoms with Gasteiger partial charge in [0.25, 0.3) is 5.91 Å². The van der Waals surface area contributed by atoms with Gasteiger partial charge in [0.1, 0.15) is 4.88 Å². The standard InChI is InChI=1S/C10H12N4OS/c1-7-9(16-13-12-7)10(15)14-4-2-3-8(5-11)6-14/h8H,2-4,6H2,1H3. The van der Waals surface area contributed by atoms with Crippen molar-refractivity contribution in [1.82, 2.24) is 14.5 Å². The number of piperidine rings is 1. The molecule has 1 amide bonds. The van der Waals surface area contributed by atoms with Crippen molar-refractivity contribution in [3.05, 3.63) is 10.6 Å². The van der Waals surface area contributed by atoms with Crippen molar-refractivity contribution in [2.45, 2.75) is 19.8 Å². The quantitative estimate of drug-likeness (QED) is 0.735. The highest BCUT2D eigenvalue weighted by Crippen LogP contribution is 2.20. The van der Waals surface area contributed by atoms with Gasteiger partial charge < -0.3 is 4.90 Å². The lowest BCUT2D eigenvalue weighted by atomic mass is 9.99. The fraction of sp³-hybridized carbons (Fsp3) is 0.600. The molecule has 1 aromatic heterocycles. The second-order valence-electron chi connectivity index (χ2n) is 3.91. The Bertz CT molecular complexity index is 436. The first-order valence-electron chi connectivity index (χ1n) is 5.20. The Morgan fingerprint density at radius 3 is 3.12 bits per heavy atom. The minimum atomic E-state index is -0.0348. The summed E-state index contributed by atoms with van der Waals surface area (Å²) in [4.78, 5) is 14.4. The van der Waals surface area contributed by atoms with Crippen LogP contribution in [0.25, 0.3) is 0 Å². The number of aromatic nitrogens is 2. The van der Waals surface area contributed by atoms with Crippen LogP contribution in [-0.2, 0) is 0 Å². The summed E-state index contributed by atoms with van der Waals surface area (Å²) in [6, 6.07) is 2.23. The van der Waals surface area contributed by atoms with Crippen LogP contribution in [0.5, 0.6) is 0 Å². The molecule has 1 aliphatic heterocycles. The molecule has 1 unspecified atom stereocenters. The van der Waals surface area contributed by atoms with E-state index in [0.717, 1.165) is 30.9 Å². The average Bonchev–Trinajstić information content (AvgIpc) is 2.74. The number of aryl methyl sites for hydroxylation is 1. The number of nitriles is 1. The summed E-state index contributed by atoms with van der Waals surface area (Å²) in [7, 11) is 0. The number of carbonyl (C=O) groups excluding carboxylic acids is 1. The number of nitrogens with zero attached hydrogens (tertiary/aromatic N) is 4. The topological polar surface area (TPSA) is 69.9 Å². The predicted molar refractivity (Wildman–Crippen MR) is 58.9 cm³/mol. The molecule has 0 N–H and O–H groups in total. The number of hydrogen-bond donors (Lipinski definition) is 0. The molecule has 0 aliphatic carbocycles. The lowest BCUT2D eigenvalue weighted by Crippen LogP contribution is -2.39. The number of carbonyl (C=O) groups is 1. The van der Waals surface area contributed by atoms with Crippen molar-refractivity contribution in [3.63, 3.8) is 0 Å². The molecule has 84 valence electrons. The van der Waals surface area contributed by atoms with Gasteiger partial charge in [0.05, 0.1) is 17.7 Å². The van der Waals surface area contributed by atoms with Crippen LogP contribution in [0.1, 0.15) is 28.2 Å². The van der Waals surface area contributed by atoms with Gasteiger partial charge in [-0.05, 0) is 31.3 Å². The van der Waals surface area contributed by atoms with E-state index in [0.29, 0.717) is 17.1 Å². The minimum absolute atomic E-state index is 0.0288. The molecule has 2 rings (SSSR count). The van der Waals surface area contributed by atoms with Crippen LogP contribution in [0.15, 0.2) is 0 Å². The normalized spacial score (nSPS) is 20.5. The van der Waals surface area contributed by atoms with E-state index in [1.165, 1.54) is 0 Å². The molecule has 2 heterocycles. The second-order valence-corrected chi connectivity index (χ2v) is 4.66. The van der Waals surface area contributed by atoms with Gasteiger partial charge in [-0.25, -0.2) is 0 Å². The summed E-state index contributed by atoms with van der Waals surface area (Å²) >= 11 is 1.12. The van der Waals surface area contributed by atoms with E-state index in [4.69, 9.17) is 5.26 Å². The van der Waals surface area contributed by atoms with Gasteiger partial charge in [-0.2, -0.15) is 5.26 Å². The molecular weight excluding hydrogens is 224 g/mol. The van der Waals surface area contributed by atoms with E-state index < -0.39 is 0 Å². The van der Waals surface area contributed by atoms with Crippen LogP contribution in [-0.4, -0.2) is 33.5 Å². The van der Waals surface area contributed by atoms with Crippen molar-refractivity contribution < 1.29 is 4.79 Å². The largest absolute Gasteiger partial charge is 0.337 e. The van der Waals surface area contributed by atoms with E-state index in [9.17, 15) is 4.79 Å². The highest BCUT2D eigenvalue weighted by atomic mass is 32.1. The zero-order chi connectivity index (χ0) is 11.5. The minimum Gasteiger partial charge on any atom is -0.337 e. The predicted octanol–water partition coefficient (Wildman–Crippen LogP) is 1.22. The summed E-state index contributed by atoms with van der Waals surface area (Å²) in [6.07, 6.45) is 1.79. The maximum Gasteiger partial charge on any atom is 0.267 e. The van der Waals surface area contributed by atoms with Crippen LogP contribution in [0.4, 0.5) is 0 Å². The Balaban J connectivity index is 2.11. The van der Waals surface area contributed by atoms with Crippen molar-refractivity contribution in [2.24, 2.45) is 5.92 Å². The van der Waals surface area contributed by atoms with Crippen LogP contribution in [0.2, 0.25) is 0 Å². The summed E-state index contributed by atoms with van der Waals surface area (Å²) in [5.41, 5.74) is 0.675. The van der Waals surface area contributed by atoms with Crippen molar-refractivity contribution in [2.75, 3.05) is 13.1 Å². The monoisotopic (exact) mass is 236 g/mol. The molecule has 0 spiro atoms. The molecule has 0 saturated carbocycles. The Kier molecular flexibility index (Phi) is 3.15. The van der Waals surface area contributed by atoms with Crippen molar-refractivity contribution in [3.8, 4) is 6.07 Å². The van der Waals surface area contributed by atoms with Crippen LogP contribution < -0.4 is 0 Å². The van der Waals surface area contributed by atoms with Crippen LogP contribution in [0, 0.1) is 24.2 Å². The second kappa shape index (κ2) is 4.58. The van der Waals surface area contributed by atoms with E-state index in [1.54, 1.807) is 11.8 Å². The first-order chi connectivity index (χ1) is 7.72. The van der Waals surface area contributed by atoms with E-state index >= 15 is 0 Å². The molecular formula is C10H12N4OS. The Morgan fingerprint density at radius 1 is 1.69 bits per heavy atom. The fourth-order valence-electron chi connectivity index (χ4n) is 1.84. The van der Waals surface area contributed by atoms with Crippen molar-refractivity contribution >= 4 is 17.4 Å². The fourth-order valence-corrected chi connectivity index (χ4v) is 2.46. The summed E-state index contributed by atoms with van der Waals surface area (Å²) in [5, 5.41) is 12.7. The third kappa shape index (κ3) is 2.04. The molecule has 1 saturated heterocycles. The number of likely N-dealkylation sites (tertiary alicyclic amines) is 1. The van der Waals surface area contributed by atoms with Gasteiger partial charge >= 0.3 is 0 Å². The maximum absolute atomic E-state index is 12.1. The lowest BCUT2D eigenvalue weighted by molar-refractivity contribution is 0.0703. The SMILES string of the molecule is Cc1nnsc1C(=O)N1CCCC(C#N)C1. The third-order valence-electron chi connectivity index (χ3n) is 2.74. The van der Waals surface area contributed by atoms with E-state index in [-0.39, 0.29) is 11.8 Å². The Labute approximate surface area is 97.8 Å². The lowest BCUT2D eigenvalue weighted by Gasteiger charge is -2.29. The number of amides is 1. The maximum atomic E-state index is 12.1. The first kappa shape index (κ1) is 11.0. The van der Waals surface area contributed by atoms with Gasteiger partial charge in [0.2, 0.25) is 0 Å². The van der Waals surface area contributed by atoms with Crippen LogP contribution in [0.3, 0.4) is 0 Å². The number of rotatable bonds is 1. The zero-order valence-electron chi connectivity index (χ0n) is 9.01. The highest BCUT2D eigenvalue weighted by molar-refractivity contribution is 7.07. The molecule has 5 nitrogen and oxygen atoms in total. The Hall–Kier alpha value is -1.48. The summed E-state index contributed by atoms with van der Waals surface area (Å²) in [6.45, 7) is 3.05. The van der Waals surface area contributed by atoms with Gasteiger partial charge in [0, 0.05) is 13.1 Å². The van der Waals surface area contributed by atoms with Gasteiger partial charge in [-0.3, -0.25) is 4.79 Å². The average molecular weight is 236 g/mol. The summed E-state index contributed by atoms with van der Waals surface area (Å²) in [5.74, 6) is -0.0636. The molecule has 1 aliphatic rings. The molecule has 0 aromatic carbocycles. The molecule has 1 fully saturated rings. The van der Waals surface area contributed by atoms with Gasteiger partial charge in [-0.15, -0.1) is 5.10 Å². The van der Waals surface area contributed by atoms with E-state index in [1.807, 2.05) is 0 Å². The molecule has 6 heteroatoms. The molecule has 0 radical (unpaired) electrons. The molecule has 1 aromatic rings. The van der Waals surface area contributed by atoms with Crippen molar-refractivity contribution in [1.29, 1.82) is 5.26 Å².